The standard InChI is InChI=1S/C21H30FN5S.HI/c1-4-23-21(24-13-20-15(2)25-16(3)28-20)26-19-9-11-27(12-10-19)14-17-5-7-18(22)8-6-17;/h5-8,19H,4,9-14H2,1-3H3,(H2,23,24,26);1H. The van der Waals surface area contributed by atoms with Crippen LogP contribution >= 0.6 is 35.3 Å². The van der Waals surface area contributed by atoms with Crippen LogP contribution in [0.5, 0.6) is 0 Å². The number of benzene rings is 1. The Balaban J connectivity index is 0.00000300. The molecule has 2 heterocycles. The quantitative estimate of drug-likeness (QED) is 0.333. The predicted octanol–water partition coefficient (Wildman–Crippen LogP) is 4.24. The summed E-state index contributed by atoms with van der Waals surface area (Å²) >= 11 is 1.72. The first kappa shape index (κ1) is 24.0. The lowest BCUT2D eigenvalue weighted by Gasteiger charge is -2.33. The maximum atomic E-state index is 13.1. The van der Waals surface area contributed by atoms with Crippen molar-refractivity contribution < 1.29 is 4.39 Å². The first-order chi connectivity index (χ1) is 13.5. The topological polar surface area (TPSA) is 52.6 Å². The summed E-state index contributed by atoms with van der Waals surface area (Å²) in [7, 11) is 0. The Morgan fingerprint density at radius 1 is 1.24 bits per heavy atom. The number of likely N-dealkylation sites (tertiary alicyclic amines) is 1. The minimum Gasteiger partial charge on any atom is -0.357 e. The van der Waals surface area contributed by atoms with E-state index < -0.39 is 0 Å². The second-order valence-electron chi connectivity index (χ2n) is 7.26. The molecule has 1 saturated heterocycles. The van der Waals surface area contributed by atoms with Gasteiger partial charge in [-0.05, 0) is 51.3 Å². The number of guanidine groups is 1. The Morgan fingerprint density at radius 3 is 2.52 bits per heavy atom. The summed E-state index contributed by atoms with van der Waals surface area (Å²) < 4.78 is 13.1. The number of rotatable bonds is 6. The zero-order chi connectivity index (χ0) is 19.9. The molecule has 29 heavy (non-hydrogen) atoms. The second-order valence-corrected chi connectivity index (χ2v) is 8.55. The Bertz CT molecular complexity index is 785. The third-order valence-electron chi connectivity index (χ3n) is 4.97. The minimum atomic E-state index is -0.175. The van der Waals surface area contributed by atoms with Crippen LogP contribution < -0.4 is 10.6 Å². The van der Waals surface area contributed by atoms with Crippen LogP contribution in [0, 0.1) is 19.7 Å². The Kier molecular flexibility index (Phi) is 9.78. The molecule has 1 aromatic heterocycles. The van der Waals surface area contributed by atoms with Gasteiger partial charge in [0.1, 0.15) is 5.82 Å². The van der Waals surface area contributed by atoms with Gasteiger partial charge in [-0.1, -0.05) is 12.1 Å². The van der Waals surface area contributed by atoms with Crippen molar-refractivity contribution in [2.75, 3.05) is 19.6 Å². The SMILES string of the molecule is CCNC(=NCc1sc(C)nc1C)NC1CCN(Cc2ccc(F)cc2)CC1.I. The van der Waals surface area contributed by atoms with Crippen LogP contribution in [0.3, 0.4) is 0 Å². The van der Waals surface area contributed by atoms with E-state index in [1.807, 2.05) is 26.0 Å². The zero-order valence-corrected chi connectivity index (χ0v) is 20.5. The van der Waals surface area contributed by atoms with Gasteiger partial charge in [0.25, 0.3) is 0 Å². The summed E-state index contributed by atoms with van der Waals surface area (Å²) in [4.78, 5) is 12.9. The van der Waals surface area contributed by atoms with Crippen molar-refractivity contribution in [2.45, 2.75) is 52.7 Å². The highest BCUT2D eigenvalue weighted by Crippen LogP contribution is 2.18. The van der Waals surface area contributed by atoms with Crippen LogP contribution in [-0.2, 0) is 13.1 Å². The second kappa shape index (κ2) is 11.8. The van der Waals surface area contributed by atoms with Crippen LogP contribution in [0.25, 0.3) is 0 Å². The maximum Gasteiger partial charge on any atom is 0.191 e. The van der Waals surface area contributed by atoms with Gasteiger partial charge in [0.15, 0.2) is 5.96 Å². The Morgan fingerprint density at radius 2 is 1.93 bits per heavy atom. The van der Waals surface area contributed by atoms with Gasteiger partial charge in [-0.25, -0.2) is 14.4 Å². The van der Waals surface area contributed by atoms with Crippen molar-refractivity contribution in [3.8, 4) is 0 Å². The predicted molar refractivity (Wildman–Crippen MR) is 130 cm³/mol. The molecule has 0 amide bonds. The van der Waals surface area contributed by atoms with E-state index >= 15 is 0 Å². The molecule has 160 valence electrons. The van der Waals surface area contributed by atoms with Gasteiger partial charge in [0.2, 0.25) is 0 Å². The summed E-state index contributed by atoms with van der Waals surface area (Å²) in [6.45, 7) is 10.6. The van der Waals surface area contributed by atoms with Crippen LogP contribution in [0.2, 0.25) is 0 Å². The number of nitrogens with one attached hydrogen (secondary N) is 2. The van der Waals surface area contributed by atoms with Gasteiger partial charge in [-0.3, -0.25) is 4.90 Å². The van der Waals surface area contributed by atoms with Crippen molar-refractivity contribution in [1.29, 1.82) is 0 Å². The molecule has 0 spiro atoms. The average Bonchev–Trinajstić information content (AvgIpc) is 3.00. The normalized spacial score (nSPS) is 15.8. The molecule has 1 aliphatic rings. The number of aryl methyl sites for hydroxylation is 2. The van der Waals surface area contributed by atoms with Crippen molar-refractivity contribution >= 4 is 41.3 Å². The van der Waals surface area contributed by atoms with Crippen molar-refractivity contribution in [1.82, 2.24) is 20.5 Å². The molecule has 2 aromatic rings. The molecule has 0 unspecified atom stereocenters. The monoisotopic (exact) mass is 531 g/mol. The lowest BCUT2D eigenvalue weighted by Crippen LogP contribution is -2.48. The number of hydrogen-bond acceptors (Lipinski definition) is 4. The number of halogens is 2. The summed E-state index contributed by atoms with van der Waals surface area (Å²) in [5.74, 6) is 0.704. The fourth-order valence-corrected chi connectivity index (χ4v) is 4.33. The first-order valence-electron chi connectivity index (χ1n) is 9.98. The van der Waals surface area contributed by atoms with E-state index in [-0.39, 0.29) is 29.8 Å². The minimum absolute atomic E-state index is 0. The van der Waals surface area contributed by atoms with Crippen LogP contribution in [0.15, 0.2) is 29.3 Å². The van der Waals surface area contributed by atoms with E-state index in [1.165, 1.54) is 17.0 Å². The van der Waals surface area contributed by atoms with Gasteiger partial charge in [0, 0.05) is 37.1 Å². The molecule has 0 atom stereocenters. The van der Waals surface area contributed by atoms with Gasteiger partial charge in [-0.15, -0.1) is 35.3 Å². The highest BCUT2D eigenvalue weighted by molar-refractivity contribution is 14.0. The fourth-order valence-electron chi connectivity index (χ4n) is 3.47. The smallest absolute Gasteiger partial charge is 0.191 e. The molecular weight excluding hydrogens is 500 g/mol. The molecule has 0 aliphatic carbocycles. The largest absolute Gasteiger partial charge is 0.357 e. The summed E-state index contributed by atoms with van der Waals surface area (Å²) in [6, 6.07) is 7.24. The number of thiazole rings is 1. The van der Waals surface area contributed by atoms with Crippen molar-refractivity contribution in [3.63, 3.8) is 0 Å². The lowest BCUT2D eigenvalue weighted by molar-refractivity contribution is 0.198. The molecule has 0 bridgehead atoms. The Hall–Kier alpha value is -1.26. The van der Waals surface area contributed by atoms with Crippen molar-refractivity contribution in [2.24, 2.45) is 4.99 Å². The first-order valence-corrected chi connectivity index (χ1v) is 10.8. The number of piperidine rings is 1. The Labute approximate surface area is 194 Å². The summed E-state index contributed by atoms with van der Waals surface area (Å²) in [5.41, 5.74) is 2.24. The number of aliphatic imine (C=N–C) groups is 1. The lowest BCUT2D eigenvalue weighted by atomic mass is 10.0. The van der Waals surface area contributed by atoms with Crippen LogP contribution in [0.1, 0.15) is 40.9 Å². The number of hydrogen-bond donors (Lipinski definition) is 2. The third kappa shape index (κ3) is 7.49. The number of nitrogens with zero attached hydrogens (tertiary/aromatic N) is 3. The molecule has 3 rings (SSSR count). The molecule has 1 fully saturated rings. The molecule has 2 N–H and O–H groups in total. The zero-order valence-electron chi connectivity index (χ0n) is 17.4. The molecular formula is C21H31FIN5S. The van der Waals surface area contributed by atoms with E-state index in [9.17, 15) is 4.39 Å². The van der Waals surface area contributed by atoms with Crippen LogP contribution in [-0.4, -0.2) is 41.5 Å². The van der Waals surface area contributed by atoms with Gasteiger partial charge in [-0.2, -0.15) is 0 Å². The number of aromatic nitrogens is 1. The van der Waals surface area contributed by atoms with Gasteiger partial charge in [0.05, 0.1) is 17.2 Å². The maximum absolute atomic E-state index is 13.1. The molecule has 8 heteroatoms. The van der Waals surface area contributed by atoms with E-state index in [0.717, 1.165) is 61.2 Å². The van der Waals surface area contributed by atoms with Gasteiger partial charge < -0.3 is 10.6 Å². The molecule has 0 saturated carbocycles. The summed E-state index contributed by atoms with van der Waals surface area (Å²) in [6.07, 6.45) is 2.15. The van der Waals surface area contributed by atoms with Crippen molar-refractivity contribution in [3.05, 3.63) is 51.2 Å². The third-order valence-corrected chi connectivity index (χ3v) is 6.03. The van der Waals surface area contributed by atoms with Gasteiger partial charge >= 0.3 is 0 Å². The molecule has 5 nitrogen and oxygen atoms in total. The van der Waals surface area contributed by atoms with Crippen LogP contribution in [0.4, 0.5) is 4.39 Å². The molecule has 1 aromatic carbocycles. The van der Waals surface area contributed by atoms with E-state index in [1.54, 1.807) is 11.3 Å². The highest BCUT2D eigenvalue weighted by atomic mass is 127. The van der Waals surface area contributed by atoms with E-state index in [4.69, 9.17) is 4.99 Å². The average molecular weight is 531 g/mol. The fraction of sp³-hybridized carbons (Fsp3) is 0.524. The summed E-state index contributed by atoms with van der Waals surface area (Å²) in [5, 5.41) is 8.04. The molecule has 0 radical (unpaired) electrons. The highest BCUT2D eigenvalue weighted by Gasteiger charge is 2.20. The van der Waals surface area contributed by atoms with E-state index in [2.05, 4.69) is 27.4 Å². The molecule has 1 aliphatic heterocycles. The van der Waals surface area contributed by atoms with E-state index in [0.29, 0.717) is 12.6 Å².